The van der Waals surface area contributed by atoms with E-state index in [1.54, 1.807) is 6.07 Å². The predicted molar refractivity (Wildman–Crippen MR) is 96.6 cm³/mol. The van der Waals surface area contributed by atoms with Gasteiger partial charge in [0.1, 0.15) is 6.10 Å². The van der Waals surface area contributed by atoms with Gasteiger partial charge < -0.3 is 33.9 Å². The van der Waals surface area contributed by atoms with Gasteiger partial charge >= 0.3 is 17.9 Å². The van der Waals surface area contributed by atoms with Crippen LogP contribution in [0.5, 0.6) is 11.5 Å². The van der Waals surface area contributed by atoms with Crippen LogP contribution in [0.4, 0.5) is 0 Å². The predicted octanol–water partition coefficient (Wildman–Crippen LogP) is 0.538. The molecule has 0 aromatic heterocycles. The normalized spacial score (nSPS) is 24.0. The second-order valence-corrected chi connectivity index (χ2v) is 6.12. The van der Waals surface area contributed by atoms with Crippen LogP contribution in [0.15, 0.2) is 24.3 Å². The summed E-state index contributed by atoms with van der Waals surface area (Å²) in [5.41, 5.74) is 0.547. The molecule has 0 radical (unpaired) electrons. The molecule has 1 saturated heterocycles. The molecule has 2 rings (SSSR count). The number of methoxy groups -OCH3 is 1. The average molecular weight is 410 g/mol. The molecule has 1 aromatic carbocycles. The Hall–Kier alpha value is -3.11. The molecule has 2 N–H and O–H groups in total. The number of hydrogen-bond acceptors (Lipinski definition) is 10. The molecule has 0 unspecified atom stereocenters. The van der Waals surface area contributed by atoms with Crippen LogP contribution in [0.1, 0.15) is 19.4 Å². The Morgan fingerprint density at radius 1 is 1.10 bits per heavy atom. The second kappa shape index (κ2) is 9.89. The van der Waals surface area contributed by atoms with Crippen LogP contribution in [-0.2, 0) is 33.3 Å². The Morgan fingerprint density at radius 3 is 2.38 bits per heavy atom. The highest BCUT2D eigenvalue weighted by Gasteiger charge is 2.46. The molecule has 158 valence electrons. The number of esters is 3. The van der Waals surface area contributed by atoms with Crippen LogP contribution in [0.2, 0.25) is 0 Å². The Balaban J connectivity index is 2.11. The summed E-state index contributed by atoms with van der Waals surface area (Å²) in [5.74, 6) is -2.11. The number of rotatable bonds is 6. The zero-order valence-corrected chi connectivity index (χ0v) is 16.1. The van der Waals surface area contributed by atoms with Gasteiger partial charge in [-0.15, -0.1) is 0 Å². The monoisotopic (exact) mass is 410 g/mol. The fraction of sp³-hybridized carbons (Fsp3) is 0.421. The topological polar surface area (TPSA) is 138 Å². The average Bonchev–Trinajstić information content (AvgIpc) is 2.65. The number of aromatic hydroxyl groups is 1. The third kappa shape index (κ3) is 6.19. The van der Waals surface area contributed by atoms with E-state index in [1.807, 2.05) is 0 Å². The number of phenolic OH excluding ortho intramolecular Hbond substituents is 1. The van der Waals surface area contributed by atoms with E-state index in [4.69, 9.17) is 23.7 Å². The maximum atomic E-state index is 12.2. The van der Waals surface area contributed by atoms with Crippen LogP contribution in [0.3, 0.4) is 0 Å². The first-order valence-corrected chi connectivity index (χ1v) is 8.61. The standard InChI is InChI=1S/C19H22O10/c1-10(20)27-17-14(23)9-26-19(18(17)28-11(2)21)29-16(24)7-5-12-4-6-13(22)15(8-12)25-3/h4-8,14,17-19,22-23H,9H2,1-3H3/b7-5+/t14-,17+,18-,19+/m1/s1. The Kier molecular flexibility index (Phi) is 7.57. The maximum absolute atomic E-state index is 12.2. The van der Waals surface area contributed by atoms with Crippen molar-refractivity contribution in [3.8, 4) is 11.5 Å². The minimum atomic E-state index is -1.39. The van der Waals surface area contributed by atoms with Gasteiger partial charge in [-0.1, -0.05) is 6.07 Å². The minimum Gasteiger partial charge on any atom is -0.504 e. The molecule has 1 aliphatic heterocycles. The van der Waals surface area contributed by atoms with E-state index in [1.165, 1.54) is 25.3 Å². The lowest BCUT2D eigenvalue weighted by atomic mass is 10.0. The first-order valence-electron chi connectivity index (χ1n) is 8.61. The lowest BCUT2D eigenvalue weighted by Crippen LogP contribution is -2.57. The molecule has 10 heteroatoms. The number of aliphatic hydroxyl groups is 1. The number of carbonyl (C=O) groups excluding carboxylic acids is 3. The van der Waals surface area contributed by atoms with Crippen molar-refractivity contribution in [2.45, 2.75) is 38.4 Å². The molecule has 0 aliphatic carbocycles. The van der Waals surface area contributed by atoms with E-state index < -0.39 is 42.5 Å². The van der Waals surface area contributed by atoms with E-state index in [9.17, 15) is 24.6 Å². The van der Waals surface area contributed by atoms with Crippen molar-refractivity contribution >= 4 is 24.0 Å². The fourth-order valence-electron chi connectivity index (χ4n) is 2.63. The number of ether oxygens (including phenoxy) is 5. The van der Waals surface area contributed by atoms with E-state index in [-0.39, 0.29) is 18.1 Å². The van der Waals surface area contributed by atoms with Crippen LogP contribution in [-0.4, -0.2) is 66.4 Å². The van der Waals surface area contributed by atoms with E-state index >= 15 is 0 Å². The fourth-order valence-corrected chi connectivity index (χ4v) is 2.63. The van der Waals surface area contributed by atoms with Crippen LogP contribution >= 0.6 is 0 Å². The Bertz CT molecular complexity index is 787. The lowest BCUT2D eigenvalue weighted by Gasteiger charge is -2.38. The molecule has 1 aromatic rings. The van der Waals surface area contributed by atoms with Gasteiger partial charge in [-0.25, -0.2) is 4.79 Å². The van der Waals surface area contributed by atoms with Crippen molar-refractivity contribution in [3.05, 3.63) is 29.8 Å². The molecule has 1 heterocycles. The quantitative estimate of drug-likeness (QED) is 0.388. The Morgan fingerprint density at radius 2 is 1.76 bits per heavy atom. The van der Waals surface area contributed by atoms with Crippen molar-refractivity contribution in [1.29, 1.82) is 0 Å². The van der Waals surface area contributed by atoms with Gasteiger partial charge in [-0.05, 0) is 23.8 Å². The highest BCUT2D eigenvalue weighted by Crippen LogP contribution is 2.27. The van der Waals surface area contributed by atoms with Crippen molar-refractivity contribution < 1.29 is 48.3 Å². The van der Waals surface area contributed by atoms with Crippen LogP contribution in [0, 0.1) is 0 Å². The van der Waals surface area contributed by atoms with Gasteiger partial charge in [0.2, 0.25) is 12.4 Å². The zero-order valence-electron chi connectivity index (χ0n) is 16.1. The first kappa shape index (κ1) is 22.2. The summed E-state index contributed by atoms with van der Waals surface area (Å²) in [6.45, 7) is 1.94. The van der Waals surface area contributed by atoms with Crippen molar-refractivity contribution in [3.63, 3.8) is 0 Å². The largest absolute Gasteiger partial charge is 0.504 e. The molecule has 0 saturated carbocycles. The SMILES string of the molecule is COc1cc(/C=C/C(=O)O[C@@H]2OC[C@@H](O)[C@H](OC(C)=O)[C@H]2OC(C)=O)ccc1O. The maximum Gasteiger partial charge on any atom is 0.333 e. The third-order valence-corrected chi connectivity index (χ3v) is 3.85. The molecule has 1 fully saturated rings. The number of benzene rings is 1. The molecule has 0 amide bonds. The molecular weight excluding hydrogens is 388 g/mol. The van der Waals surface area contributed by atoms with Crippen molar-refractivity contribution in [1.82, 2.24) is 0 Å². The van der Waals surface area contributed by atoms with Gasteiger partial charge in [0.15, 0.2) is 17.6 Å². The zero-order chi connectivity index (χ0) is 21.6. The molecule has 1 aliphatic rings. The highest BCUT2D eigenvalue weighted by atomic mass is 16.7. The molecule has 29 heavy (non-hydrogen) atoms. The summed E-state index contributed by atoms with van der Waals surface area (Å²) in [4.78, 5) is 34.9. The first-order chi connectivity index (χ1) is 13.7. The second-order valence-electron chi connectivity index (χ2n) is 6.12. The van der Waals surface area contributed by atoms with E-state index in [0.29, 0.717) is 5.56 Å². The van der Waals surface area contributed by atoms with Crippen molar-refractivity contribution in [2.75, 3.05) is 13.7 Å². The molecular formula is C19H22O10. The van der Waals surface area contributed by atoms with Gasteiger partial charge in [-0.2, -0.15) is 0 Å². The van der Waals surface area contributed by atoms with Gasteiger partial charge in [0.25, 0.3) is 0 Å². The highest BCUT2D eigenvalue weighted by molar-refractivity contribution is 5.87. The number of aliphatic hydroxyl groups excluding tert-OH is 1. The van der Waals surface area contributed by atoms with Crippen LogP contribution < -0.4 is 4.74 Å². The summed E-state index contributed by atoms with van der Waals surface area (Å²) < 4.78 is 25.4. The van der Waals surface area contributed by atoms with E-state index in [0.717, 1.165) is 19.9 Å². The molecule has 10 nitrogen and oxygen atoms in total. The number of phenols is 1. The summed E-state index contributed by atoms with van der Waals surface area (Å²) in [5, 5.41) is 19.6. The smallest absolute Gasteiger partial charge is 0.333 e. The molecule has 4 atom stereocenters. The summed E-state index contributed by atoms with van der Waals surface area (Å²) in [6.07, 6.45) is -2.76. The van der Waals surface area contributed by atoms with Gasteiger partial charge in [0, 0.05) is 19.9 Å². The van der Waals surface area contributed by atoms with Crippen molar-refractivity contribution in [2.24, 2.45) is 0 Å². The number of carbonyl (C=O) groups is 3. The minimum absolute atomic E-state index is 0.0536. The summed E-state index contributed by atoms with van der Waals surface area (Å²) >= 11 is 0. The van der Waals surface area contributed by atoms with Gasteiger partial charge in [0.05, 0.1) is 13.7 Å². The number of hydrogen-bond donors (Lipinski definition) is 2. The van der Waals surface area contributed by atoms with Crippen LogP contribution in [0.25, 0.3) is 6.08 Å². The Labute approximate surface area is 166 Å². The third-order valence-electron chi connectivity index (χ3n) is 3.85. The summed E-state index contributed by atoms with van der Waals surface area (Å²) in [6, 6.07) is 4.45. The van der Waals surface area contributed by atoms with E-state index in [2.05, 4.69) is 0 Å². The lowest BCUT2D eigenvalue weighted by molar-refractivity contribution is -0.270. The molecule has 0 spiro atoms. The molecule has 0 bridgehead atoms. The summed E-state index contributed by atoms with van der Waals surface area (Å²) in [7, 11) is 1.39. The van der Waals surface area contributed by atoms with Gasteiger partial charge in [-0.3, -0.25) is 9.59 Å².